The van der Waals surface area contributed by atoms with Gasteiger partial charge in [0.1, 0.15) is 0 Å². The summed E-state index contributed by atoms with van der Waals surface area (Å²) < 4.78 is 0. The molecule has 0 heterocycles. The molecule has 102 valence electrons. The Hall–Kier alpha value is -1.35. The Morgan fingerprint density at radius 2 is 1.95 bits per heavy atom. The number of fused-ring (bicyclic) bond motifs is 1. The summed E-state index contributed by atoms with van der Waals surface area (Å²) in [6, 6.07) is 7.25. The zero-order chi connectivity index (χ0) is 13.1. The van der Waals surface area contributed by atoms with E-state index in [1.54, 1.807) is 0 Å². The Morgan fingerprint density at radius 1 is 1.16 bits per heavy atom. The summed E-state index contributed by atoms with van der Waals surface area (Å²) >= 11 is 0. The SMILES string of the molecule is O=C(CNC1CC1)NCc1ccc2c(c1)CCCC2. The Kier molecular flexibility index (Phi) is 3.83. The molecule has 0 unspecified atom stereocenters. The van der Waals surface area contributed by atoms with Crippen LogP contribution in [0.3, 0.4) is 0 Å². The van der Waals surface area contributed by atoms with Crippen LogP contribution in [0.5, 0.6) is 0 Å². The number of nitrogens with one attached hydrogen (secondary N) is 2. The third-order valence-corrected chi connectivity index (χ3v) is 4.03. The van der Waals surface area contributed by atoms with E-state index in [0.717, 1.165) is 0 Å². The first-order valence-corrected chi connectivity index (χ1v) is 7.42. The maximum Gasteiger partial charge on any atom is 0.234 e. The van der Waals surface area contributed by atoms with E-state index >= 15 is 0 Å². The first-order valence-electron chi connectivity index (χ1n) is 7.42. The second-order valence-corrected chi connectivity index (χ2v) is 5.74. The van der Waals surface area contributed by atoms with Crippen molar-refractivity contribution < 1.29 is 4.79 Å². The predicted molar refractivity (Wildman–Crippen MR) is 76.0 cm³/mol. The molecule has 1 amide bonds. The molecule has 0 bridgehead atoms. The third-order valence-electron chi connectivity index (χ3n) is 4.03. The first kappa shape index (κ1) is 12.7. The van der Waals surface area contributed by atoms with Gasteiger partial charge < -0.3 is 10.6 Å². The minimum absolute atomic E-state index is 0.102. The Morgan fingerprint density at radius 3 is 2.74 bits per heavy atom. The summed E-state index contributed by atoms with van der Waals surface area (Å²) in [5, 5.41) is 6.22. The Balaban J connectivity index is 1.50. The lowest BCUT2D eigenvalue weighted by Gasteiger charge is -2.16. The number of hydrogen-bond acceptors (Lipinski definition) is 2. The average molecular weight is 258 g/mol. The zero-order valence-corrected chi connectivity index (χ0v) is 11.4. The van der Waals surface area contributed by atoms with Gasteiger partial charge in [-0.15, -0.1) is 0 Å². The fourth-order valence-electron chi connectivity index (χ4n) is 2.68. The standard InChI is InChI=1S/C16H22N2O/c19-16(11-17-15-7-8-15)18-10-12-5-6-13-3-1-2-4-14(13)9-12/h5-6,9,15,17H,1-4,7-8,10-11H2,(H,18,19). The molecule has 0 atom stereocenters. The van der Waals surface area contributed by atoms with Crippen LogP contribution in [0, 0.1) is 0 Å². The van der Waals surface area contributed by atoms with Crippen LogP contribution in [0.2, 0.25) is 0 Å². The molecule has 3 nitrogen and oxygen atoms in total. The van der Waals surface area contributed by atoms with Crippen molar-refractivity contribution >= 4 is 5.91 Å². The molecule has 3 rings (SSSR count). The predicted octanol–water partition coefficient (Wildman–Crippen LogP) is 1.93. The van der Waals surface area contributed by atoms with Crippen molar-refractivity contribution in [2.24, 2.45) is 0 Å². The lowest BCUT2D eigenvalue weighted by atomic mass is 9.90. The molecule has 0 saturated heterocycles. The van der Waals surface area contributed by atoms with Gasteiger partial charge >= 0.3 is 0 Å². The normalized spacial score (nSPS) is 17.9. The maximum absolute atomic E-state index is 11.7. The largest absolute Gasteiger partial charge is 0.351 e. The lowest BCUT2D eigenvalue weighted by Crippen LogP contribution is -2.34. The molecule has 2 aliphatic rings. The van der Waals surface area contributed by atoms with E-state index < -0.39 is 0 Å². The minimum atomic E-state index is 0.102. The summed E-state index contributed by atoms with van der Waals surface area (Å²) in [7, 11) is 0. The number of carbonyl (C=O) groups is 1. The Labute approximate surface area is 114 Å². The Bertz CT molecular complexity index is 466. The summed E-state index contributed by atoms with van der Waals surface area (Å²) in [4.78, 5) is 11.7. The van der Waals surface area contributed by atoms with Crippen molar-refractivity contribution in [1.29, 1.82) is 0 Å². The highest BCUT2D eigenvalue weighted by Gasteiger charge is 2.21. The van der Waals surface area contributed by atoms with Gasteiger partial charge in [-0.1, -0.05) is 18.2 Å². The molecule has 0 radical (unpaired) electrons. The van der Waals surface area contributed by atoms with E-state index in [2.05, 4.69) is 28.8 Å². The van der Waals surface area contributed by atoms with Crippen LogP contribution >= 0.6 is 0 Å². The molecule has 19 heavy (non-hydrogen) atoms. The van der Waals surface area contributed by atoms with Crippen molar-refractivity contribution in [2.75, 3.05) is 6.54 Å². The van der Waals surface area contributed by atoms with Crippen molar-refractivity contribution in [1.82, 2.24) is 10.6 Å². The van der Waals surface area contributed by atoms with E-state index in [-0.39, 0.29) is 5.91 Å². The van der Waals surface area contributed by atoms with Crippen molar-refractivity contribution in [2.45, 2.75) is 51.1 Å². The second-order valence-electron chi connectivity index (χ2n) is 5.74. The maximum atomic E-state index is 11.7. The van der Waals surface area contributed by atoms with Gasteiger partial charge in [0, 0.05) is 12.6 Å². The first-order chi connectivity index (χ1) is 9.31. The summed E-state index contributed by atoms with van der Waals surface area (Å²) in [5.74, 6) is 0.102. The molecule has 2 aliphatic carbocycles. The number of hydrogen-bond donors (Lipinski definition) is 2. The van der Waals surface area contributed by atoms with Crippen LogP contribution in [-0.2, 0) is 24.2 Å². The molecule has 1 aromatic carbocycles. The van der Waals surface area contributed by atoms with Gasteiger partial charge in [-0.05, 0) is 55.2 Å². The molecule has 0 aliphatic heterocycles. The number of rotatable bonds is 5. The van der Waals surface area contributed by atoms with Crippen molar-refractivity contribution in [3.63, 3.8) is 0 Å². The highest BCUT2D eigenvalue weighted by atomic mass is 16.1. The third kappa shape index (κ3) is 3.57. The highest BCUT2D eigenvalue weighted by molar-refractivity contribution is 5.78. The fraction of sp³-hybridized carbons (Fsp3) is 0.562. The molecule has 1 saturated carbocycles. The van der Waals surface area contributed by atoms with E-state index in [0.29, 0.717) is 19.1 Å². The van der Waals surface area contributed by atoms with E-state index in [9.17, 15) is 4.79 Å². The fourth-order valence-corrected chi connectivity index (χ4v) is 2.68. The second kappa shape index (κ2) is 5.74. The van der Waals surface area contributed by atoms with Gasteiger partial charge in [0.25, 0.3) is 0 Å². The van der Waals surface area contributed by atoms with Gasteiger partial charge in [-0.2, -0.15) is 0 Å². The van der Waals surface area contributed by atoms with Crippen LogP contribution < -0.4 is 10.6 Å². The molecule has 1 aromatic rings. The number of benzene rings is 1. The number of carbonyl (C=O) groups excluding carboxylic acids is 1. The van der Waals surface area contributed by atoms with Crippen LogP contribution in [0.4, 0.5) is 0 Å². The topological polar surface area (TPSA) is 41.1 Å². The average Bonchev–Trinajstić information content (AvgIpc) is 3.27. The quantitative estimate of drug-likeness (QED) is 0.847. The zero-order valence-electron chi connectivity index (χ0n) is 11.4. The lowest BCUT2D eigenvalue weighted by molar-refractivity contribution is -0.120. The number of aryl methyl sites for hydroxylation is 2. The van der Waals surface area contributed by atoms with Gasteiger partial charge in [0.15, 0.2) is 0 Å². The highest BCUT2D eigenvalue weighted by Crippen LogP contribution is 2.22. The van der Waals surface area contributed by atoms with E-state index in [1.807, 2.05) is 0 Å². The van der Waals surface area contributed by atoms with Crippen LogP contribution in [-0.4, -0.2) is 18.5 Å². The molecular formula is C16H22N2O. The van der Waals surface area contributed by atoms with Crippen molar-refractivity contribution in [3.8, 4) is 0 Å². The summed E-state index contributed by atoms with van der Waals surface area (Å²) in [6.45, 7) is 1.11. The molecule has 2 N–H and O–H groups in total. The molecule has 0 spiro atoms. The monoisotopic (exact) mass is 258 g/mol. The van der Waals surface area contributed by atoms with E-state index in [1.165, 1.54) is 55.2 Å². The molecular weight excluding hydrogens is 236 g/mol. The summed E-state index contributed by atoms with van der Waals surface area (Å²) in [5.41, 5.74) is 4.20. The molecule has 0 aromatic heterocycles. The number of amides is 1. The van der Waals surface area contributed by atoms with E-state index in [4.69, 9.17) is 0 Å². The van der Waals surface area contributed by atoms with Crippen LogP contribution in [0.1, 0.15) is 42.4 Å². The van der Waals surface area contributed by atoms with Gasteiger partial charge in [0.2, 0.25) is 5.91 Å². The molecule has 3 heteroatoms. The minimum Gasteiger partial charge on any atom is -0.351 e. The van der Waals surface area contributed by atoms with Crippen LogP contribution in [0.25, 0.3) is 0 Å². The van der Waals surface area contributed by atoms with Gasteiger partial charge in [-0.3, -0.25) is 4.79 Å². The van der Waals surface area contributed by atoms with Crippen LogP contribution in [0.15, 0.2) is 18.2 Å². The van der Waals surface area contributed by atoms with Gasteiger partial charge in [0.05, 0.1) is 6.54 Å². The molecule has 1 fully saturated rings. The van der Waals surface area contributed by atoms with Crippen molar-refractivity contribution in [3.05, 3.63) is 34.9 Å². The van der Waals surface area contributed by atoms with Gasteiger partial charge in [-0.25, -0.2) is 0 Å². The smallest absolute Gasteiger partial charge is 0.234 e. The summed E-state index contributed by atoms with van der Waals surface area (Å²) in [6.07, 6.45) is 7.47.